The molecule has 0 spiro atoms. The number of carbonyl (C=O) groups is 1. The van der Waals surface area contributed by atoms with E-state index in [2.05, 4.69) is 0 Å². The highest BCUT2D eigenvalue weighted by Crippen LogP contribution is 2.44. The van der Waals surface area contributed by atoms with Crippen LogP contribution in [0.25, 0.3) is 0 Å². The molecule has 1 aliphatic rings. The van der Waals surface area contributed by atoms with Crippen LogP contribution < -0.4 is 0 Å². The minimum Gasteiger partial charge on any atom is -0.342 e. The van der Waals surface area contributed by atoms with E-state index in [4.69, 9.17) is 0 Å². The normalized spacial score (nSPS) is 17.0. The highest BCUT2D eigenvalue weighted by molar-refractivity contribution is 5.84. The summed E-state index contributed by atoms with van der Waals surface area (Å²) >= 11 is 0. The van der Waals surface area contributed by atoms with Crippen molar-refractivity contribution in [2.24, 2.45) is 0 Å². The van der Waals surface area contributed by atoms with Gasteiger partial charge in [-0.15, -0.1) is 0 Å². The first-order valence-electron chi connectivity index (χ1n) is 7.41. The van der Waals surface area contributed by atoms with E-state index in [1.54, 1.807) is 18.9 Å². The highest BCUT2D eigenvalue weighted by atomic mass is 19.4. The van der Waals surface area contributed by atoms with Crippen molar-refractivity contribution in [3.63, 3.8) is 0 Å². The Labute approximate surface area is 131 Å². The number of alkyl halides is 5. The highest BCUT2D eigenvalue weighted by Gasteiger charge is 2.58. The number of nitrogens with zero attached hydrogens (tertiary/aromatic N) is 1. The van der Waals surface area contributed by atoms with Gasteiger partial charge in [0.2, 0.25) is 5.91 Å². The monoisotopic (exact) mass is 335 g/mol. The fourth-order valence-corrected chi connectivity index (χ4v) is 2.55. The van der Waals surface area contributed by atoms with E-state index in [9.17, 15) is 26.7 Å². The minimum atomic E-state index is -5.66. The van der Waals surface area contributed by atoms with Crippen LogP contribution in [0.15, 0.2) is 24.3 Å². The molecule has 7 heteroatoms. The van der Waals surface area contributed by atoms with Gasteiger partial charge in [0.1, 0.15) is 0 Å². The summed E-state index contributed by atoms with van der Waals surface area (Å²) in [5, 5.41) is 0. The van der Waals surface area contributed by atoms with Gasteiger partial charge in [0, 0.05) is 18.7 Å². The lowest BCUT2D eigenvalue weighted by molar-refractivity contribution is -0.289. The van der Waals surface area contributed by atoms with Gasteiger partial charge in [0.15, 0.2) is 0 Å². The van der Waals surface area contributed by atoms with E-state index >= 15 is 0 Å². The SMILES string of the molecule is CCC(C(=O)N(C)C1CC1)c1cccc(C(F)(F)C(F)(F)F)c1. The molecule has 1 atom stereocenters. The number of likely N-dealkylation sites (N-methyl/N-ethyl adjacent to an activating group) is 1. The predicted molar refractivity (Wildman–Crippen MR) is 75.2 cm³/mol. The van der Waals surface area contributed by atoms with Crippen LogP contribution in [0.2, 0.25) is 0 Å². The molecule has 0 radical (unpaired) electrons. The summed E-state index contributed by atoms with van der Waals surface area (Å²) in [6, 6.07) is 4.23. The maximum Gasteiger partial charge on any atom is 0.458 e. The zero-order chi connectivity index (χ0) is 17.4. The molecule has 0 aromatic heterocycles. The molecule has 1 unspecified atom stereocenters. The summed E-state index contributed by atoms with van der Waals surface area (Å²) in [5.41, 5.74) is -0.950. The van der Waals surface area contributed by atoms with Crippen molar-refractivity contribution in [1.29, 1.82) is 0 Å². The van der Waals surface area contributed by atoms with Gasteiger partial charge in [0.05, 0.1) is 5.92 Å². The quantitative estimate of drug-likeness (QED) is 0.728. The maximum atomic E-state index is 13.5. The van der Waals surface area contributed by atoms with Crippen molar-refractivity contribution in [1.82, 2.24) is 4.90 Å². The molecular formula is C16H18F5NO. The third kappa shape index (κ3) is 3.48. The first kappa shape index (κ1) is 17.7. The van der Waals surface area contributed by atoms with Crippen LogP contribution in [0.1, 0.15) is 43.2 Å². The lowest BCUT2D eigenvalue weighted by Gasteiger charge is -2.25. The zero-order valence-corrected chi connectivity index (χ0v) is 12.8. The average molecular weight is 335 g/mol. The van der Waals surface area contributed by atoms with E-state index < -0.39 is 23.6 Å². The molecule has 0 N–H and O–H groups in total. The second-order valence-electron chi connectivity index (χ2n) is 5.84. The number of benzene rings is 1. The summed E-state index contributed by atoms with van der Waals surface area (Å²) in [6.45, 7) is 1.71. The van der Waals surface area contributed by atoms with Crippen LogP contribution in [-0.2, 0) is 10.7 Å². The van der Waals surface area contributed by atoms with Gasteiger partial charge in [-0.25, -0.2) is 0 Å². The van der Waals surface area contributed by atoms with E-state index in [-0.39, 0.29) is 17.5 Å². The van der Waals surface area contributed by atoms with E-state index in [0.29, 0.717) is 6.42 Å². The molecule has 0 aliphatic heterocycles. The molecule has 1 fully saturated rings. The van der Waals surface area contributed by atoms with Gasteiger partial charge in [0.25, 0.3) is 0 Å². The largest absolute Gasteiger partial charge is 0.458 e. The Morgan fingerprint density at radius 2 is 1.87 bits per heavy atom. The zero-order valence-electron chi connectivity index (χ0n) is 12.8. The Morgan fingerprint density at radius 3 is 2.35 bits per heavy atom. The maximum absolute atomic E-state index is 13.5. The lowest BCUT2D eigenvalue weighted by Crippen LogP contribution is -2.35. The molecule has 1 aliphatic carbocycles. The molecule has 2 nitrogen and oxygen atoms in total. The van der Waals surface area contributed by atoms with Crippen LogP contribution in [0.4, 0.5) is 22.0 Å². The van der Waals surface area contributed by atoms with Gasteiger partial charge < -0.3 is 4.90 Å². The third-order valence-corrected chi connectivity index (χ3v) is 4.16. The topological polar surface area (TPSA) is 20.3 Å². The molecular weight excluding hydrogens is 317 g/mol. The van der Waals surface area contributed by atoms with Crippen molar-refractivity contribution in [2.45, 2.75) is 50.2 Å². The standard InChI is InChI=1S/C16H18F5NO/c1-3-13(14(23)22(2)12-7-8-12)10-5-4-6-11(9-10)15(17,18)16(19,20)21/h4-6,9,12-13H,3,7-8H2,1-2H3. The number of rotatable bonds is 5. The Kier molecular flexibility index (Phi) is 4.69. The fraction of sp³-hybridized carbons (Fsp3) is 0.562. The van der Waals surface area contributed by atoms with Gasteiger partial charge >= 0.3 is 12.1 Å². The third-order valence-electron chi connectivity index (χ3n) is 4.16. The molecule has 0 saturated heterocycles. The second kappa shape index (κ2) is 6.09. The number of halogens is 5. The summed E-state index contributed by atoms with van der Waals surface area (Å²) in [4.78, 5) is 14.0. The van der Waals surface area contributed by atoms with Crippen molar-refractivity contribution in [2.75, 3.05) is 7.05 Å². The van der Waals surface area contributed by atoms with Crippen LogP contribution in [0.5, 0.6) is 0 Å². The molecule has 2 rings (SSSR count). The smallest absolute Gasteiger partial charge is 0.342 e. The molecule has 0 bridgehead atoms. The van der Waals surface area contributed by atoms with Crippen LogP contribution >= 0.6 is 0 Å². The molecule has 0 heterocycles. The first-order chi connectivity index (χ1) is 10.6. The summed E-state index contributed by atoms with van der Waals surface area (Å²) in [5.74, 6) is -5.90. The molecule has 23 heavy (non-hydrogen) atoms. The number of hydrogen-bond acceptors (Lipinski definition) is 1. The van der Waals surface area contributed by atoms with Gasteiger partial charge in [-0.2, -0.15) is 22.0 Å². The number of hydrogen-bond donors (Lipinski definition) is 0. The second-order valence-corrected chi connectivity index (χ2v) is 5.84. The van der Waals surface area contributed by atoms with Crippen molar-refractivity contribution < 1.29 is 26.7 Å². The van der Waals surface area contributed by atoms with Gasteiger partial charge in [-0.1, -0.05) is 25.1 Å². The number of carbonyl (C=O) groups excluding carboxylic acids is 1. The summed E-state index contributed by atoms with van der Waals surface area (Å²) < 4.78 is 64.5. The average Bonchev–Trinajstić information content (AvgIpc) is 3.31. The molecule has 1 aromatic rings. The molecule has 128 valence electrons. The van der Waals surface area contributed by atoms with E-state index in [1.165, 1.54) is 6.07 Å². The van der Waals surface area contributed by atoms with Crippen LogP contribution in [0, 0.1) is 0 Å². The first-order valence-corrected chi connectivity index (χ1v) is 7.41. The molecule has 1 saturated carbocycles. The van der Waals surface area contributed by atoms with Crippen molar-refractivity contribution in [3.8, 4) is 0 Å². The molecule has 1 amide bonds. The fourth-order valence-electron chi connectivity index (χ4n) is 2.55. The molecule has 1 aromatic carbocycles. The van der Waals surface area contributed by atoms with Gasteiger partial charge in [-0.05, 0) is 30.9 Å². The van der Waals surface area contributed by atoms with Crippen LogP contribution in [-0.4, -0.2) is 30.1 Å². The van der Waals surface area contributed by atoms with Crippen molar-refractivity contribution >= 4 is 5.91 Å². The van der Waals surface area contributed by atoms with E-state index in [1.807, 2.05) is 0 Å². The Hall–Kier alpha value is -1.66. The Balaban J connectivity index is 2.32. The summed E-state index contributed by atoms with van der Waals surface area (Å²) in [6.07, 6.45) is -3.55. The van der Waals surface area contributed by atoms with Gasteiger partial charge in [-0.3, -0.25) is 4.79 Å². The predicted octanol–water partition coefficient (Wildman–Crippen LogP) is 4.46. The number of amides is 1. The van der Waals surface area contributed by atoms with Crippen LogP contribution in [0.3, 0.4) is 0 Å². The van der Waals surface area contributed by atoms with E-state index in [0.717, 1.165) is 31.0 Å². The Morgan fingerprint density at radius 1 is 1.26 bits per heavy atom. The summed E-state index contributed by atoms with van der Waals surface area (Å²) in [7, 11) is 1.64. The lowest BCUT2D eigenvalue weighted by atomic mass is 9.92. The Bertz CT molecular complexity index is 580. The van der Waals surface area contributed by atoms with Crippen molar-refractivity contribution in [3.05, 3.63) is 35.4 Å². The minimum absolute atomic E-state index is 0.149.